The van der Waals surface area contributed by atoms with Crippen molar-refractivity contribution in [3.63, 3.8) is 0 Å². The van der Waals surface area contributed by atoms with Crippen molar-refractivity contribution < 1.29 is 14.7 Å². The molecule has 1 aliphatic heterocycles. The van der Waals surface area contributed by atoms with Crippen molar-refractivity contribution in [1.82, 2.24) is 15.2 Å². The van der Waals surface area contributed by atoms with Gasteiger partial charge in [0, 0.05) is 35.0 Å². The summed E-state index contributed by atoms with van der Waals surface area (Å²) in [5, 5.41) is 15.7. The van der Waals surface area contributed by atoms with E-state index in [0.717, 1.165) is 15.4 Å². The SMILES string of the molecule is Cn1c(C(=O)N[C@H]2CN[C@H](C(=O)O)C2)cc2c(Br)cccc21. The Labute approximate surface area is 135 Å². The molecule has 7 heteroatoms. The van der Waals surface area contributed by atoms with Gasteiger partial charge in [-0.05, 0) is 24.6 Å². The second-order valence-electron chi connectivity index (χ2n) is 5.47. The van der Waals surface area contributed by atoms with Gasteiger partial charge in [0.15, 0.2) is 0 Å². The summed E-state index contributed by atoms with van der Waals surface area (Å²) < 4.78 is 2.78. The first-order valence-electron chi connectivity index (χ1n) is 6.98. The predicted molar refractivity (Wildman–Crippen MR) is 85.9 cm³/mol. The zero-order valence-corrected chi connectivity index (χ0v) is 13.6. The lowest BCUT2D eigenvalue weighted by molar-refractivity contribution is -0.139. The Balaban J connectivity index is 1.80. The second kappa shape index (κ2) is 5.73. The maximum absolute atomic E-state index is 12.5. The van der Waals surface area contributed by atoms with E-state index in [0.29, 0.717) is 18.7 Å². The maximum Gasteiger partial charge on any atom is 0.320 e. The molecule has 2 heterocycles. The molecule has 0 aliphatic carbocycles. The van der Waals surface area contributed by atoms with Crippen LogP contribution in [0.4, 0.5) is 0 Å². The van der Waals surface area contributed by atoms with Crippen LogP contribution < -0.4 is 10.6 Å². The van der Waals surface area contributed by atoms with Gasteiger partial charge in [0.2, 0.25) is 0 Å². The van der Waals surface area contributed by atoms with E-state index in [4.69, 9.17) is 5.11 Å². The summed E-state index contributed by atoms with van der Waals surface area (Å²) >= 11 is 3.49. The molecule has 0 bridgehead atoms. The summed E-state index contributed by atoms with van der Waals surface area (Å²) in [4.78, 5) is 23.4. The Morgan fingerprint density at radius 2 is 2.23 bits per heavy atom. The van der Waals surface area contributed by atoms with Gasteiger partial charge in [0.25, 0.3) is 5.91 Å². The Morgan fingerprint density at radius 3 is 2.86 bits per heavy atom. The number of nitrogens with zero attached hydrogens (tertiary/aromatic N) is 1. The highest BCUT2D eigenvalue weighted by Gasteiger charge is 2.30. The van der Waals surface area contributed by atoms with Crippen LogP contribution >= 0.6 is 15.9 Å². The molecule has 1 aromatic carbocycles. The summed E-state index contributed by atoms with van der Waals surface area (Å²) in [6.07, 6.45) is 0.398. The molecule has 2 atom stereocenters. The number of aliphatic carboxylic acids is 1. The maximum atomic E-state index is 12.5. The summed E-state index contributed by atoms with van der Waals surface area (Å²) in [5.41, 5.74) is 1.52. The summed E-state index contributed by atoms with van der Waals surface area (Å²) in [7, 11) is 1.84. The predicted octanol–water partition coefficient (Wildman–Crippen LogP) is 1.49. The van der Waals surface area contributed by atoms with Crippen molar-refractivity contribution in [3.05, 3.63) is 34.4 Å². The lowest BCUT2D eigenvalue weighted by atomic mass is 10.1. The molecular weight excluding hydrogens is 350 g/mol. The third-order valence-electron chi connectivity index (χ3n) is 4.03. The molecule has 1 fully saturated rings. The third-order valence-corrected chi connectivity index (χ3v) is 4.72. The minimum absolute atomic E-state index is 0.171. The van der Waals surface area contributed by atoms with Crippen molar-refractivity contribution in [3.8, 4) is 0 Å². The smallest absolute Gasteiger partial charge is 0.320 e. The number of halogens is 1. The van der Waals surface area contributed by atoms with Crippen LogP contribution in [0, 0.1) is 0 Å². The lowest BCUT2D eigenvalue weighted by Gasteiger charge is -2.12. The van der Waals surface area contributed by atoms with Gasteiger partial charge in [-0.2, -0.15) is 0 Å². The van der Waals surface area contributed by atoms with Crippen LogP contribution in [0.15, 0.2) is 28.7 Å². The van der Waals surface area contributed by atoms with Gasteiger partial charge in [-0.1, -0.05) is 22.0 Å². The Hall–Kier alpha value is -1.86. The third kappa shape index (κ3) is 2.62. The zero-order chi connectivity index (χ0) is 15.9. The molecule has 1 aromatic heterocycles. The molecule has 3 rings (SSSR count). The molecule has 1 aliphatic rings. The fourth-order valence-electron chi connectivity index (χ4n) is 2.84. The van der Waals surface area contributed by atoms with Crippen LogP contribution in [0.3, 0.4) is 0 Å². The number of carbonyl (C=O) groups excluding carboxylic acids is 1. The van der Waals surface area contributed by atoms with Crippen LogP contribution in [-0.4, -0.2) is 40.2 Å². The summed E-state index contributed by atoms with van der Waals surface area (Å²) in [5.74, 6) is -1.08. The minimum atomic E-state index is -0.884. The van der Waals surface area contributed by atoms with Crippen LogP contribution in [0.2, 0.25) is 0 Å². The quantitative estimate of drug-likeness (QED) is 0.769. The average molecular weight is 366 g/mol. The van der Waals surface area contributed by atoms with Crippen molar-refractivity contribution in [2.45, 2.75) is 18.5 Å². The van der Waals surface area contributed by atoms with E-state index in [1.807, 2.05) is 35.9 Å². The molecule has 1 amide bonds. The first kappa shape index (κ1) is 15.1. The largest absolute Gasteiger partial charge is 0.480 e. The Bertz CT molecular complexity index is 756. The van der Waals surface area contributed by atoms with Gasteiger partial charge in [0.05, 0.1) is 0 Å². The average Bonchev–Trinajstić information content (AvgIpc) is 3.05. The number of aryl methyl sites for hydroxylation is 1. The van der Waals surface area contributed by atoms with E-state index >= 15 is 0 Å². The number of carboxylic acids is 1. The van der Waals surface area contributed by atoms with Gasteiger partial charge in [-0.3, -0.25) is 9.59 Å². The van der Waals surface area contributed by atoms with Gasteiger partial charge in [-0.15, -0.1) is 0 Å². The highest BCUT2D eigenvalue weighted by Crippen LogP contribution is 2.26. The molecule has 3 N–H and O–H groups in total. The van der Waals surface area contributed by atoms with Crippen molar-refractivity contribution in [2.75, 3.05) is 6.54 Å². The number of nitrogens with one attached hydrogen (secondary N) is 2. The fraction of sp³-hybridized carbons (Fsp3) is 0.333. The van der Waals surface area contributed by atoms with Gasteiger partial charge >= 0.3 is 5.97 Å². The molecule has 0 unspecified atom stereocenters. The van der Waals surface area contributed by atoms with Crippen molar-refractivity contribution >= 4 is 38.7 Å². The minimum Gasteiger partial charge on any atom is -0.480 e. The van der Waals surface area contributed by atoms with E-state index in [-0.39, 0.29) is 11.9 Å². The number of amides is 1. The zero-order valence-electron chi connectivity index (χ0n) is 12.0. The van der Waals surface area contributed by atoms with Crippen LogP contribution in [0.25, 0.3) is 10.9 Å². The van der Waals surface area contributed by atoms with E-state index in [9.17, 15) is 9.59 Å². The topological polar surface area (TPSA) is 83.4 Å². The standard InChI is InChI=1S/C15H16BrN3O3/c1-19-12-4-2-3-10(16)9(12)6-13(19)14(20)18-8-5-11(15(21)22)17-7-8/h2-4,6,8,11,17H,5,7H2,1H3,(H,18,20)(H,21,22)/t8-,11+/m1/s1. The number of carbonyl (C=O) groups is 2. The van der Waals surface area contributed by atoms with Gasteiger partial charge in [-0.25, -0.2) is 0 Å². The van der Waals surface area contributed by atoms with E-state index in [2.05, 4.69) is 26.6 Å². The summed E-state index contributed by atoms with van der Waals surface area (Å²) in [6, 6.07) is 6.89. The molecule has 0 spiro atoms. The lowest BCUT2D eigenvalue weighted by Crippen LogP contribution is -2.37. The number of fused-ring (bicyclic) bond motifs is 1. The number of benzene rings is 1. The fourth-order valence-corrected chi connectivity index (χ4v) is 3.31. The molecule has 1 saturated heterocycles. The highest BCUT2D eigenvalue weighted by atomic mass is 79.9. The van der Waals surface area contributed by atoms with Crippen LogP contribution in [0.1, 0.15) is 16.9 Å². The molecule has 0 radical (unpaired) electrons. The highest BCUT2D eigenvalue weighted by molar-refractivity contribution is 9.10. The molecule has 6 nitrogen and oxygen atoms in total. The van der Waals surface area contributed by atoms with E-state index < -0.39 is 12.0 Å². The van der Waals surface area contributed by atoms with Gasteiger partial charge in [0.1, 0.15) is 11.7 Å². The molecular formula is C15H16BrN3O3. The molecule has 0 saturated carbocycles. The van der Waals surface area contributed by atoms with E-state index in [1.54, 1.807) is 0 Å². The van der Waals surface area contributed by atoms with Crippen molar-refractivity contribution in [1.29, 1.82) is 0 Å². The van der Waals surface area contributed by atoms with Crippen LogP contribution in [-0.2, 0) is 11.8 Å². The monoisotopic (exact) mass is 365 g/mol. The summed E-state index contributed by atoms with van der Waals surface area (Å²) in [6.45, 7) is 0.469. The normalized spacial score (nSPS) is 21.2. The molecule has 2 aromatic rings. The molecule has 22 heavy (non-hydrogen) atoms. The number of rotatable bonds is 3. The Morgan fingerprint density at radius 1 is 1.45 bits per heavy atom. The van der Waals surface area contributed by atoms with Crippen molar-refractivity contribution in [2.24, 2.45) is 7.05 Å². The number of hydrogen-bond acceptors (Lipinski definition) is 3. The number of aromatic nitrogens is 1. The van der Waals surface area contributed by atoms with Gasteiger partial charge < -0.3 is 20.3 Å². The van der Waals surface area contributed by atoms with Crippen LogP contribution in [0.5, 0.6) is 0 Å². The van der Waals surface area contributed by atoms with E-state index in [1.165, 1.54) is 0 Å². The molecule has 116 valence electrons. The second-order valence-corrected chi connectivity index (χ2v) is 6.32. The number of carboxylic acid groups (broad SMARTS) is 1. The first-order chi connectivity index (χ1) is 10.5. The Kier molecular flexibility index (Phi) is 3.92. The first-order valence-corrected chi connectivity index (χ1v) is 7.77. The number of hydrogen-bond donors (Lipinski definition) is 3.